The average Bonchev–Trinajstić information content (AvgIpc) is 3.06. The maximum Gasteiger partial charge on any atom is 0.254 e. The lowest BCUT2D eigenvalue weighted by Crippen LogP contribution is -2.29. The monoisotopic (exact) mass is 285 g/mol. The second kappa shape index (κ2) is 5.31. The van der Waals surface area contributed by atoms with Crippen molar-refractivity contribution in [2.75, 3.05) is 13.1 Å². The van der Waals surface area contributed by atoms with Crippen molar-refractivity contribution in [3.8, 4) is 0 Å². The van der Waals surface area contributed by atoms with Crippen molar-refractivity contribution in [3.05, 3.63) is 46.6 Å². The van der Waals surface area contributed by atoms with Gasteiger partial charge in [0.1, 0.15) is 0 Å². The van der Waals surface area contributed by atoms with Crippen LogP contribution in [0.15, 0.2) is 22.7 Å². The summed E-state index contributed by atoms with van der Waals surface area (Å²) < 4.78 is 5.22. The van der Waals surface area contributed by atoms with Crippen molar-refractivity contribution in [1.29, 1.82) is 0 Å². The Hall–Kier alpha value is -2.17. The molecular weight excluding hydrogens is 266 g/mol. The number of amides is 1. The summed E-state index contributed by atoms with van der Waals surface area (Å²) in [5, 5.41) is 3.82. The summed E-state index contributed by atoms with van der Waals surface area (Å²) in [6, 6.07) is 5.94. The zero-order valence-corrected chi connectivity index (χ0v) is 12.6. The van der Waals surface area contributed by atoms with Gasteiger partial charge in [0.2, 0.25) is 5.89 Å². The smallest absolute Gasteiger partial charge is 0.254 e. The number of likely N-dealkylation sites (tertiary alicyclic amines) is 1. The highest BCUT2D eigenvalue weighted by Gasteiger charge is 2.31. The fourth-order valence-corrected chi connectivity index (χ4v) is 2.85. The third kappa shape index (κ3) is 2.68. The molecule has 1 aliphatic heterocycles. The zero-order chi connectivity index (χ0) is 15.0. The SMILES string of the molecule is Cc1ccc(C(=O)N2CCC(c3nc(C)no3)C2)c(C)c1. The van der Waals surface area contributed by atoms with Crippen LogP contribution < -0.4 is 0 Å². The molecule has 1 aromatic carbocycles. The predicted octanol–water partition coefficient (Wildman–Crippen LogP) is 2.62. The number of aromatic nitrogens is 2. The van der Waals surface area contributed by atoms with Crippen LogP contribution in [0.1, 0.15) is 45.5 Å². The molecule has 0 N–H and O–H groups in total. The molecule has 1 unspecified atom stereocenters. The van der Waals surface area contributed by atoms with Crippen molar-refractivity contribution >= 4 is 5.91 Å². The van der Waals surface area contributed by atoms with E-state index < -0.39 is 0 Å². The Morgan fingerprint density at radius 1 is 1.33 bits per heavy atom. The fourth-order valence-electron chi connectivity index (χ4n) is 2.85. The van der Waals surface area contributed by atoms with Crippen molar-refractivity contribution in [2.24, 2.45) is 0 Å². The summed E-state index contributed by atoms with van der Waals surface area (Å²) in [6.07, 6.45) is 0.873. The van der Waals surface area contributed by atoms with Gasteiger partial charge in [0.05, 0.1) is 5.92 Å². The van der Waals surface area contributed by atoms with Crippen LogP contribution in [0, 0.1) is 20.8 Å². The van der Waals surface area contributed by atoms with Crippen molar-refractivity contribution in [3.63, 3.8) is 0 Å². The predicted molar refractivity (Wildman–Crippen MR) is 78.2 cm³/mol. The van der Waals surface area contributed by atoms with Crippen LogP contribution >= 0.6 is 0 Å². The van der Waals surface area contributed by atoms with Gasteiger partial charge in [-0.05, 0) is 38.8 Å². The van der Waals surface area contributed by atoms with Crippen molar-refractivity contribution in [1.82, 2.24) is 15.0 Å². The molecule has 5 nitrogen and oxygen atoms in total. The Labute approximate surface area is 124 Å². The zero-order valence-electron chi connectivity index (χ0n) is 12.6. The van der Waals surface area contributed by atoms with Crippen molar-refractivity contribution in [2.45, 2.75) is 33.1 Å². The molecule has 0 radical (unpaired) electrons. The topological polar surface area (TPSA) is 59.2 Å². The number of hydrogen-bond donors (Lipinski definition) is 0. The molecule has 1 fully saturated rings. The van der Waals surface area contributed by atoms with E-state index in [1.165, 1.54) is 5.56 Å². The highest BCUT2D eigenvalue weighted by molar-refractivity contribution is 5.95. The molecule has 21 heavy (non-hydrogen) atoms. The molecule has 1 amide bonds. The van der Waals surface area contributed by atoms with E-state index in [4.69, 9.17) is 4.52 Å². The molecule has 0 aliphatic carbocycles. The molecule has 1 aliphatic rings. The lowest BCUT2D eigenvalue weighted by Gasteiger charge is -2.17. The van der Waals surface area contributed by atoms with Gasteiger partial charge in [-0.15, -0.1) is 0 Å². The number of hydrogen-bond acceptors (Lipinski definition) is 4. The van der Waals surface area contributed by atoms with Gasteiger partial charge >= 0.3 is 0 Å². The molecule has 2 aromatic rings. The molecular formula is C16H19N3O2. The van der Waals surface area contributed by atoms with Crippen LogP contribution in [0.2, 0.25) is 0 Å². The Morgan fingerprint density at radius 3 is 2.81 bits per heavy atom. The minimum atomic E-state index is 0.0891. The second-order valence-electron chi connectivity index (χ2n) is 5.73. The van der Waals surface area contributed by atoms with Gasteiger partial charge in [-0.2, -0.15) is 4.98 Å². The largest absolute Gasteiger partial charge is 0.339 e. The van der Waals surface area contributed by atoms with Crippen LogP contribution in [0.3, 0.4) is 0 Å². The summed E-state index contributed by atoms with van der Waals surface area (Å²) in [7, 11) is 0. The minimum Gasteiger partial charge on any atom is -0.339 e. The van der Waals surface area contributed by atoms with E-state index in [1.807, 2.05) is 36.9 Å². The molecule has 1 atom stereocenters. The quantitative estimate of drug-likeness (QED) is 0.851. The van der Waals surface area contributed by atoms with E-state index in [9.17, 15) is 4.79 Å². The number of nitrogens with zero attached hydrogens (tertiary/aromatic N) is 3. The first-order valence-corrected chi connectivity index (χ1v) is 7.21. The van der Waals surface area contributed by atoms with Crippen molar-refractivity contribution < 1.29 is 9.32 Å². The Bertz CT molecular complexity index is 678. The minimum absolute atomic E-state index is 0.0891. The molecule has 1 saturated heterocycles. The Balaban J connectivity index is 1.75. The van der Waals surface area contributed by atoms with Gasteiger partial charge in [-0.1, -0.05) is 22.9 Å². The maximum absolute atomic E-state index is 12.6. The number of carbonyl (C=O) groups excluding carboxylic acids is 1. The first kappa shape index (κ1) is 13.8. The van der Waals surface area contributed by atoms with Crippen LogP contribution in [0.4, 0.5) is 0 Å². The molecule has 1 aromatic heterocycles. The van der Waals surface area contributed by atoms with Gasteiger partial charge in [-0.3, -0.25) is 4.79 Å². The van der Waals surface area contributed by atoms with E-state index in [0.29, 0.717) is 18.3 Å². The van der Waals surface area contributed by atoms with E-state index in [2.05, 4.69) is 10.1 Å². The maximum atomic E-state index is 12.6. The summed E-state index contributed by atoms with van der Waals surface area (Å²) >= 11 is 0. The molecule has 2 heterocycles. The lowest BCUT2D eigenvalue weighted by molar-refractivity contribution is 0.0789. The van der Waals surface area contributed by atoms with E-state index >= 15 is 0 Å². The average molecular weight is 285 g/mol. The first-order chi connectivity index (χ1) is 10.0. The highest BCUT2D eigenvalue weighted by atomic mass is 16.5. The highest BCUT2D eigenvalue weighted by Crippen LogP contribution is 2.27. The Morgan fingerprint density at radius 2 is 2.14 bits per heavy atom. The molecule has 5 heteroatoms. The third-order valence-electron chi connectivity index (χ3n) is 3.98. The summed E-state index contributed by atoms with van der Waals surface area (Å²) in [6.45, 7) is 7.20. The van der Waals surface area contributed by atoms with E-state index in [1.54, 1.807) is 6.92 Å². The summed E-state index contributed by atoms with van der Waals surface area (Å²) in [4.78, 5) is 18.8. The first-order valence-electron chi connectivity index (χ1n) is 7.21. The lowest BCUT2D eigenvalue weighted by atomic mass is 10.0. The normalized spacial score (nSPS) is 18.2. The number of benzene rings is 1. The van der Waals surface area contributed by atoms with Gasteiger partial charge in [-0.25, -0.2) is 0 Å². The second-order valence-corrected chi connectivity index (χ2v) is 5.73. The molecule has 0 saturated carbocycles. The standard InChI is InChI=1S/C16H19N3O2/c1-10-4-5-14(11(2)8-10)16(20)19-7-6-13(9-19)15-17-12(3)18-21-15/h4-5,8,13H,6-7,9H2,1-3H3. The van der Waals surface area contributed by atoms with Gasteiger partial charge in [0.25, 0.3) is 5.91 Å². The fraction of sp³-hybridized carbons (Fsp3) is 0.438. The summed E-state index contributed by atoms with van der Waals surface area (Å²) in [5.41, 5.74) is 2.98. The van der Waals surface area contributed by atoms with E-state index in [0.717, 1.165) is 24.1 Å². The van der Waals surface area contributed by atoms with Crippen LogP contribution in [-0.4, -0.2) is 34.0 Å². The molecule has 0 spiro atoms. The van der Waals surface area contributed by atoms with Crippen LogP contribution in [0.25, 0.3) is 0 Å². The number of aryl methyl sites for hydroxylation is 3. The third-order valence-corrected chi connectivity index (χ3v) is 3.98. The number of rotatable bonds is 2. The van der Waals surface area contributed by atoms with Crippen LogP contribution in [0.5, 0.6) is 0 Å². The van der Waals surface area contributed by atoms with Crippen LogP contribution in [-0.2, 0) is 0 Å². The van der Waals surface area contributed by atoms with Gasteiger partial charge < -0.3 is 9.42 Å². The molecule has 110 valence electrons. The Kier molecular flexibility index (Phi) is 3.49. The molecule has 0 bridgehead atoms. The molecule has 3 rings (SSSR count). The summed E-state index contributed by atoms with van der Waals surface area (Å²) in [5.74, 6) is 1.53. The van der Waals surface area contributed by atoms with Gasteiger partial charge in [0.15, 0.2) is 5.82 Å². The number of carbonyl (C=O) groups is 1. The van der Waals surface area contributed by atoms with E-state index in [-0.39, 0.29) is 11.8 Å². The van der Waals surface area contributed by atoms with Gasteiger partial charge in [0, 0.05) is 18.7 Å².